The fraction of sp³-hybridized carbons (Fsp3) is 0.385. The minimum absolute atomic E-state index is 0.0580. The molecular weight excluding hydrogens is 250 g/mol. The number of rotatable bonds is 5. The highest BCUT2D eigenvalue weighted by atomic mass is 32.2. The molecule has 0 unspecified atom stereocenters. The van der Waals surface area contributed by atoms with E-state index in [-0.39, 0.29) is 17.2 Å². The van der Waals surface area contributed by atoms with E-state index in [1.807, 2.05) is 7.05 Å². The summed E-state index contributed by atoms with van der Waals surface area (Å²) < 4.78 is 0. The first-order valence-electron chi connectivity index (χ1n) is 5.80. The van der Waals surface area contributed by atoms with Crippen LogP contribution >= 0.6 is 11.8 Å². The summed E-state index contributed by atoms with van der Waals surface area (Å²) in [4.78, 5) is 25.2. The second kappa shape index (κ2) is 5.44. The van der Waals surface area contributed by atoms with E-state index < -0.39 is 5.97 Å². The molecule has 1 aliphatic rings. The third kappa shape index (κ3) is 3.04. The van der Waals surface area contributed by atoms with Gasteiger partial charge in [0.15, 0.2) is 0 Å². The van der Waals surface area contributed by atoms with E-state index in [4.69, 9.17) is 5.11 Å². The molecule has 1 N–H and O–H groups in total. The molecule has 1 amide bonds. The van der Waals surface area contributed by atoms with Crippen LogP contribution in [0.4, 0.5) is 0 Å². The van der Waals surface area contributed by atoms with Crippen molar-refractivity contribution < 1.29 is 14.7 Å². The van der Waals surface area contributed by atoms with Gasteiger partial charge in [-0.2, -0.15) is 0 Å². The van der Waals surface area contributed by atoms with Crippen molar-refractivity contribution in [3.05, 3.63) is 29.8 Å². The number of aromatic carboxylic acids is 1. The van der Waals surface area contributed by atoms with Crippen LogP contribution in [0.5, 0.6) is 0 Å². The molecule has 0 saturated heterocycles. The van der Waals surface area contributed by atoms with Gasteiger partial charge >= 0.3 is 5.97 Å². The normalized spacial score (nSPS) is 14.3. The summed E-state index contributed by atoms with van der Waals surface area (Å²) >= 11 is 1.28. The maximum Gasteiger partial charge on any atom is 0.336 e. The Hall–Kier alpha value is -1.49. The number of benzene rings is 1. The Morgan fingerprint density at radius 2 is 2.06 bits per heavy atom. The van der Waals surface area contributed by atoms with Gasteiger partial charge in [0.25, 0.3) is 0 Å². The topological polar surface area (TPSA) is 57.6 Å². The third-order valence-electron chi connectivity index (χ3n) is 2.96. The van der Waals surface area contributed by atoms with Gasteiger partial charge in [0.05, 0.1) is 11.3 Å². The Bertz CT molecular complexity index is 471. The van der Waals surface area contributed by atoms with Crippen LogP contribution in [-0.2, 0) is 4.79 Å². The molecule has 2 rings (SSSR count). The number of carbonyl (C=O) groups excluding carboxylic acids is 1. The highest BCUT2D eigenvalue weighted by Crippen LogP contribution is 2.27. The van der Waals surface area contributed by atoms with E-state index in [1.54, 1.807) is 29.2 Å². The molecule has 0 aromatic heterocycles. The van der Waals surface area contributed by atoms with Crippen molar-refractivity contribution in [2.75, 3.05) is 12.8 Å². The molecule has 0 bridgehead atoms. The second-order valence-corrected chi connectivity index (χ2v) is 5.34. The van der Waals surface area contributed by atoms with Gasteiger partial charge in [-0.1, -0.05) is 12.1 Å². The molecule has 0 spiro atoms. The Kier molecular flexibility index (Phi) is 3.91. The van der Waals surface area contributed by atoms with Gasteiger partial charge in [0.1, 0.15) is 0 Å². The molecular formula is C13H15NO3S. The molecule has 4 nitrogen and oxygen atoms in total. The largest absolute Gasteiger partial charge is 0.478 e. The van der Waals surface area contributed by atoms with Crippen molar-refractivity contribution in [1.82, 2.24) is 4.90 Å². The predicted molar refractivity (Wildman–Crippen MR) is 69.9 cm³/mol. The summed E-state index contributed by atoms with van der Waals surface area (Å²) in [7, 11) is 1.81. The van der Waals surface area contributed by atoms with Crippen LogP contribution in [-0.4, -0.2) is 40.7 Å². The molecule has 18 heavy (non-hydrogen) atoms. The quantitative estimate of drug-likeness (QED) is 0.828. The van der Waals surface area contributed by atoms with Crippen LogP contribution < -0.4 is 0 Å². The van der Waals surface area contributed by atoms with E-state index in [0.29, 0.717) is 10.9 Å². The van der Waals surface area contributed by atoms with Crippen molar-refractivity contribution in [3.8, 4) is 0 Å². The Balaban J connectivity index is 1.97. The average molecular weight is 265 g/mol. The molecule has 1 aromatic carbocycles. The molecule has 0 aliphatic heterocycles. The van der Waals surface area contributed by atoms with Crippen LogP contribution in [0.25, 0.3) is 0 Å². The van der Waals surface area contributed by atoms with Gasteiger partial charge in [-0.15, -0.1) is 11.8 Å². The smallest absolute Gasteiger partial charge is 0.336 e. The van der Waals surface area contributed by atoms with Crippen molar-refractivity contribution >= 4 is 23.6 Å². The number of hydrogen-bond acceptors (Lipinski definition) is 3. The fourth-order valence-electron chi connectivity index (χ4n) is 1.68. The summed E-state index contributed by atoms with van der Waals surface area (Å²) in [5, 5.41) is 9.03. The Labute approximate surface area is 110 Å². The van der Waals surface area contributed by atoms with Crippen molar-refractivity contribution in [2.24, 2.45) is 0 Å². The van der Waals surface area contributed by atoms with Crippen LogP contribution in [0.3, 0.4) is 0 Å². The van der Waals surface area contributed by atoms with E-state index in [9.17, 15) is 9.59 Å². The molecule has 1 aliphatic carbocycles. The number of thioether (sulfide) groups is 1. The predicted octanol–water partition coefficient (Wildman–Crippen LogP) is 2.10. The molecule has 1 fully saturated rings. The molecule has 5 heteroatoms. The van der Waals surface area contributed by atoms with Crippen molar-refractivity contribution in [3.63, 3.8) is 0 Å². The highest BCUT2D eigenvalue weighted by Gasteiger charge is 2.29. The van der Waals surface area contributed by atoms with E-state index in [0.717, 1.165) is 12.8 Å². The van der Waals surface area contributed by atoms with Gasteiger partial charge in [-0.05, 0) is 25.0 Å². The van der Waals surface area contributed by atoms with Gasteiger partial charge < -0.3 is 10.0 Å². The van der Waals surface area contributed by atoms with Crippen LogP contribution in [0.1, 0.15) is 23.2 Å². The Morgan fingerprint density at radius 1 is 1.39 bits per heavy atom. The zero-order valence-corrected chi connectivity index (χ0v) is 10.9. The molecule has 0 heterocycles. The van der Waals surface area contributed by atoms with Crippen LogP contribution in [0, 0.1) is 0 Å². The number of amides is 1. The van der Waals surface area contributed by atoms with E-state index in [1.165, 1.54) is 11.8 Å². The number of hydrogen-bond donors (Lipinski definition) is 1. The second-order valence-electron chi connectivity index (χ2n) is 4.33. The van der Waals surface area contributed by atoms with Gasteiger partial charge in [0.2, 0.25) is 5.91 Å². The summed E-state index contributed by atoms with van der Waals surface area (Å²) in [6.45, 7) is 0. The summed E-state index contributed by atoms with van der Waals surface area (Å²) in [6.07, 6.45) is 2.16. The van der Waals surface area contributed by atoms with Gasteiger partial charge in [0, 0.05) is 18.0 Å². The lowest BCUT2D eigenvalue weighted by Crippen LogP contribution is -2.30. The zero-order chi connectivity index (χ0) is 13.1. The minimum Gasteiger partial charge on any atom is -0.478 e. The minimum atomic E-state index is -0.957. The summed E-state index contributed by atoms with van der Waals surface area (Å²) in [5.41, 5.74) is 0.254. The average Bonchev–Trinajstić information content (AvgIpc) is 3.19. The number of carboxylic acid groups (broad SMARTS) is 1. The third-order valence-corrected chi connectivity index (χ3v) is 4.01. The van der Waals surface area contributed by atoms with Crippen LogP contribution in [0.15, 0.2) is 29.2 Å². The first kappa shape index (κ1) is 13.0. The number of carboxylic acids is 1. The number of carbonyl (C=O) groups is 2. The lowest BCUT2D eigenvalue weighted by molar-refractivity contribution is -0.127. The SMILES string of the molecule is CN(C(=O)CSc1ccccc1C(=O)O)C1CC1. The molecule has 0 radical (unpaired) electrons. The number of nitrogens with zero attached hydrogens (tertiary/aromatic N) is 1. The molecule has 1 saturated carbocycles. The maximum absolute atomic E-state index is 11.8. The van der Waals surface area contributed by atoms with Crippen molar-refractivity contribution in [2.45, 2.75) is 23.8 Å². The molecule has 1 aromatic rings. The van der Waals surface area contributed by atoms with E-state index in [2.05, 4.69) is 0 Å². The monoisotopic (exact) mass is 265 g/mol. The Morgan fingerprint density at radius 3 is 2.67 bits per heavy atom. The van der Waals surface area contributed by atoms with Crippen molar-refractivity contribution in [1.29, 1.82) is 0 Å². The first-order chi connectivity index (χ1) is 8.59. The lowest BCUT2D eigenvalue weighted by Gasteiger charge is -2.16. The zero-order valence-electron chi connectivity index (χ0n) is 10.1. The van der Waals surface area contributed by atoms with Gasteiger partial charge in [-0.3, -0.25) is 4.79 Å². The van der Waals surface area contributed by atoms with E-state index >= 15 is 0 Å². The summed E-state index contributed by atoms with van der Waals surface area (Å²) in [6, 6.07) is 7.15. The van der Waals surface area contributed by atoms with Gasteiger partial charge in [-0.25, -0.2) is 4.79 Å². The van der Waals surface area contributed by atoms with Crippen LogP contribution in [0.2, 0.25) is 0 Å². The maximum atomic E-state index is 11.8. The lowest BCUT2D eigenvalue weighted by atomic mass is 10.2. The molecule has 96 valence electrons. The fourth-order valence-corrected chi connectivity index (χ4v) is 2.64. The standard InChI is InChI=1S/C13H15NO3S/c1-14(9-6-7-9)12(15)8-18-11-5-3-2-4-10(11)13(16)17/h2-5,9H,6-8H2,1H3,(H,16,17). The highest BCUT2D eigenvalue weighted by molar-refractivity contribution is 8.00. The molecule has 0 atom stereocenters. The first-order valence-corrected chi connectivity index (χ1v) is 6.79. The summed E-state index contributed by atoms with van der Waals surface area (Å²) in [5.74, 6) is -0.610.